The minimum atomic E-state index is -0.367. The molecular weight excluding hydrogens is 180 g/mol. The van der Waals surface area contributed by atoms with Crippen LogP contribution in [-0.2, 0) is 0 Å². The topological polar surface area (TPSA) is 69.2 Å². The number of aryl methyl sites for hydroxylation is 1. The van der Waals surface area contributed by atoms with Crippen molar-refractivity contribution < 1.29 is 4.92 Å². The fourth-order valence-corrected chi connectivity index (χ4v) is 1.32. The molecule has 0 heterocycles. The molecule has 1 unspecified atom stereocenters. The molecule has 0 saturated carbocycles. The lowest BCUT2D eigenvalue weighted by Crippen LogP contribution is -2.07. The molecule has 14 heavy (non-hydrogen) atoms. The largest absolute Gasteiger partial charge is 0.324 e. The van der Waals surface area contributed by atoms with E-state index in [4.69, 9.17) is 5.73 Å². The number of nitrogens with two attached hydrogens (primary N) is 1. The fraction of sp³-hybridized carbons (Fsp3) is 0.400. The summed E-state index contributed by atoms with van der Waals surface area (Å²) in [5, 5.41) is 10.7. The maximum atomic E-state index is 10.7. The lowest BCUT2D eigenvalue weighted by Gasteiger charge is -2.09. The van der Waals surface area contributed by atoms with Crippen LogP contribution in [-0.4, -0.2) is 4.92 Å². The maximum Gasteiger partial charge on any atom is 0.272 e. The van der Waals surface area contributed by atoms with E-state index in [1.807, 2.05) is 19.9 Å². The van der Waals surface area contributed by atoms with Crippen LogP contribution in [0.3, 0.4) is 0 Å². The monoisotopic (exact) mass is 194 g/mol. The van der Waals surface area contributed by atoms with Crippen LogP contribution >= 0.6 is 0 Å². The number of hydrogen-bond donors (Lipinski definition) is 1. The van der Waals surface area contributed by atoms with Crippen molar-refractivity contribution in [3.8, 4) is 0 Å². The summed E-state index contributed by atoms with van der Waals surface area (Å²) in [7, 11) is 0. The molecule has 4 nitrogen and oxygen atoms in total. The molecule has 0 bridgehead atoms. The van der Waals surface area contributed by atoms with E-state index >= 15 is 0 Å². The first-order valence-electron chi connectivity index (χ1n) is 4.44. The fourth-order valence-electron chi connectivity index (χ4n) is 1.32. The van der Waals surface area contributed by atoms with Gasteiger partial charge in [-0.3, -0.25) is 10.1 Å². The SMILES string of the molecule is Cc1cc(C(C)N)cc([N+](=O)[O-])c1C. The molecule has 76 valence electrons. The molecule has 0 saturated heterocycles. The Morgan fingerprint density at radius 3 is 2.43 bits per heavy atom. The molecule has 0 aliphatic rings. The highest BCUT2D eigenvalue weighted by atomic mass is 16.6. The van der Waals surface area contributed by atoms with Crippen molar-refractivity contribution in [2.24, 2.45) is 5.73 Å². The summed E-state index contributed by atoms with van der Waals surface area (Å²) in [5.41, 5.74) is 8.25. The van der Waals surface area contributed by atoms with E-state index < -0.39 is 0 Å². The van der Waals surface area contributed by atoms with Gasteiger partial charge in [-0.05, 0) is 31.9 Å². The molecular formula is C10H14N2O2. The molecule has 1 aromatic rings. The van der Waals surface area contributed by atoms with Crippen LogP contribution in [0.15, 0.2) is 12.1 Å². The predicted molar refractivity (Wildman–Crippen MR) is 55.2 cm³/mol. The highest BCUT2D eigenvalue weighted by molar-refractivity contribution is 5.48. The van der Waals surface area contributed by atoms with Crippen LogP contribution in [0.1, 0.15) is 29.7 Å². The number of nitro benzene ring substituents is 1. The third-order valence-corrected chi connectivity index (χ3v) is 2.38. The molecule has 4 heteroatoms. The summed E-state index contributed by atoms with van der Waals surface area (Å²) in [6, 6.07) is 3.27. The molecule has 0 spiro atoms. The first kappa shape index (κ1) is 10.7. The zero-order valence-corrected chi connectivity index (χ0v) is 8.57. The molecule has 0 fully saturated rings. The Bertz CT molecular complexity index is 373. The first-order chi connectivity index (χ1) is 6.43. The molecule has 1 atom stereocenters. The lowest BCUT2D eigenvalue weighted by molar-refractivity contribution is -0.385. The van der Waals surface area contributed by atoms with E-state index in [-0.39, 0.29) is 16.7 Å². The van der Waals surface area contributed by atoms with Gasteiger partial charge in [0, 0.05) is 17.7 Å². The summed E-state index contributed by atoms with van der Waals surface area (Å²) in [4.78, 5) is 10.3. The van der Waals surface area contributed by atoms with Crippen LogP contribution in [0.4, 0.5) is 5.69 Å². The summed E-state index contributed by atoms with van der Waals surface area (Å²) in [5.74, 6) is 0. The molecule has 0 amide bonds. The van der Waals surface area contributed by atoms with E-state index in [1.165, 1.54) is 0 Å². The summed E-state index contributed by atoms with van der Waals surface area (Å²) >= 11 is 0. The van der Waals surface area contributed by atoms with Crippen LogP contribution in [0.2, 0.25) is 0 Å². The Morgan fingerprint density at radius 1 is 1.43 bits per heavy atom. The normalized spacial score (nSPS) is 12.6. The predicted octanol–water partition coefficient (Wildman–Crippen LogP) is 2.23. The van der Waals surface area contributed by atoms with Gasteiger partial charge in [-0.1, -0.05) is 6.07 Å². The summed E-state index contributed by atoms with van der Waals surface area (Å²) in [6.07, 6.45) is 0. The van der Waals surface area contributed by atoms with Gasteiger partial charge >= 0.3 is 0 Å². The smallest absolute Gasteiger partial charge is 0.272 e. The van der Waals surface area contributed by atoms with E-state index in [0.717, 1.165) is 11.1 Å². The van der Waals surface area contributed by atoms with E-state index in [2.05, 4.69) is 0 Å². The highest BCUT2D eigenvalue weighted by Crippen LogP contribution is 2.25. The van der Waals surface area contributed by atoms with Crippen molar-refractivity contribution in [3.63, 3.8) is 0 Å². The molecule has 1 rings (SSSR count). The van der Waals surface area contributed by atoms with Gasteiger partial charge in [0.1, 0.15) is 0 Å². The zero-order valence-electron chi connectivity index (χ0n) is 8.57. The minimum Gasteiger partial charge on any atom is -0.324 e. The van der Waals surface area contributed by atoms with E-state index in [0.29, 0.717) is 5.56 Å². The maximum absolute atomic E-state index is 10.7. The van der Waals surface area contributed by atoms with Crippen molar-refractivity contribution in [2.75, 3.05) is 0 Å². The quantitative estimate of drug-likeness (QED) is 0.579. The second-order valence-corrected chi connectivity index (χ2v) is 3.53. The Morgan fingerprint density at radius 2 is 2.00 bits per heavy atom. The first-order valence-corrected chi connectivity index (χ1v) is 4.44. The highest BCUT2D eigenvalue weighted by Gasteiger charge is 2.15. The van der Waals surface area contributed by atoms with Crippen molar-refractivity contribution in [3.05, 3.63) is 38.9 Å². The number of nitro groups is 1. The molecule has 2 N–H and O–H groups in total. The average Bonchev–Trinajstić information content (AvgIpc) is 2.08. The van der Waals surface area contributed by atoms with Gasteiger partial charge in [0.05, 0.1) is 4.92 Å². The van der Waals surface area contributed by atoms with Gasteiger partial charge in [-0.15, -0.1) is 0 Å². The van der Waals surface area contributed by atoms with Gasteiger partial charge in [-0.25, -0.2) is 0 Å². The second-order valence-electron chi connectivity index (χ2n) is 3.53. The van der Waals surface area contributed by atoms with Crippen molar-refractivity contribution in [2.45, 2.75) is 26.8 Å². The molecule has 0 aliphatic carbocycles. The standard InChI is InChI=1S/C10H14N2O2/c1-6-4-9(8(3)11)5-10(7(6)2)12(13)14/h4-5,8H,11H2,1-3H3. The summed E-state index contributed by atoms with van der Waals surface area (Å²) in [6.45, 7) is 5.42. The van der Waals surface area contributed by atoms with E-state index in [9.17, 15) is 10.1 Å². The van der Waals surface area contributed by atoms with Gasteiger partial charge in [0.15, 0.2) is 0 Å². The van der Waals surface area contributed by atoms with Crippen LogP contribution in [0.5, 0.6) is 0 Å². The van der Waals surface area contributed by atoms with Gasteiger partial charge < -0.3 is 5.73 Å². The Labute approximate surface area is 82.9 Å². The number of rotatable bonds is 2. The number of hydrogen-bond acceptors (Lipinski definition) is 3. The van der Waals surface area contributed by atoms with Gasteiger partial charge in [0.25, 0.3) is 5.69 Å². The van der Waals surface area contributed by atoms with Crippen LogP contribution in [0.25, 0.3) is 0 Å². The second kappa shape index (κ2) is 3.75. The van der Waals surface area contributed by atoms with Crippen molar-refractivity contribution >= 4 is 5.69 Å². The zero-order chi connectivity index (χ0) is 10.9. The van der Waals surface area contributed by atoms with Crippen LogP contribution in [0, 0.1) is 24.0 Å². The molecule has 0 aromatic heterocycles. The summed E-state index contributed by atoms with van der Waals surface area (Å²) < 4.78 is 0. The number of benzene rings is 1. The van der Waals surface area contributed by atoms with Crippen molar-refractivity contribution in [1.82, 2.24) is 0 Å². The minimum absolute atomic E-state index is 0.150. The van der Waals surface area contributed by atoms with Crippen LogP contribution < -0.4 is 5.73 Å². The molecule has 0 radical (unpaired) electrons. The third-order valence-electron chi connectivity index (χ3n) is 2.38. The molecule has 1 aromatic carbocycles. The average molecular weight is 194 g/mol. The van der Waals surface area contributed by atoms with Gasteiger partial charge in [-0.2, -0.15) is 0 Å². The molecule has 0 aliphatic heterocycles. The van der Waals surface area contributed by atoms with Gasteiger partial charge in [0.2, 0.25) is 0 Å². The Hall–Kier alpha value is -1.42. The number of nitrogens with zero attached hydrogens (tertiary/aromatic N) is 1. The Balaban J connectivity index is 3.35. The van der Waals surface area contributed by atoms with E-state index in [1.54, 1.807) is 13.0 Å². The Kier molecular flexibility index (Phi) is 2.86. The lowest BCUT2D eigenvalue weighted by atomic mass is 10.0. The third kappa shape index (κ3) is 1.90. The van der Waals surface area contributed by atoms with Crippen molar-refractivity contribution in [1.29, 1.82) is 0 Å².